The number of para-hydroxylation sites is 1. The third kappa shape index (κ3) is 4.51. The second-order valence-corrected chi connectivity index (χ2v) is 5.56. The van der Waals surface area contributed by atoms with E-state index < -0.39 is 5.91 Å². The molecule has 0 heterocycles. The van der Waals surface area contributed by atoms with Gasteiger partial charge < -0.3 is 10.1 Å². The first kappa shape index (κ1) is 17.9. The van der Waals surface area contributed by atoms with Gasteiger partial charge in [-0.3, -0.25) is 4.79 Å². The summed E-state index contributed by atoms with van der Waals surface area (Å²) in [6.07, 6.45) is 1.43. The lowest BCUT2D eigenvalue weighted by Crippen LogP contribution is -2.13. The number of benzene rings is 2. The second kappa shape index (κ2) is 8.39. The zero-order chi connectivity index (χ0) is 17.5. The Morgan fingerprint density at radius 2 is 2.04 bits per heavy atom. The maximum atomic E-state index is 12.3. The molecule has 0 saturated heterocycles. The fourth-order valence-electron chi connectivity index (χ4n) is 1.98. The number of ether oxygens (including phenoxy) is 1. The number of nitriles is 1. The van der Waals surface area contributed by atoms with Crippen molar-refractivity contribution in [2.45, 2.75) is 6.92 Å². The molecule has 1 N–H and O–H groups in total. The summed E-state index contributed by atoms with van der Waals surface area (Å²) in [7, 11) is 0. The quantitative estimate of drug-likeness (QED) is 0.606. The van der Waals surface area contributed by atoms with Crippen LogP contribution in [-0.2, 0) is 4.79 Å². The molecule has 0 spiro atoms. The molecule has 6 heteroatoms. The van der Waals surface area contributed by atoms with Crippen molar-refractivity contribution < 1.29 is 9.53 Å². The summed E-state index contributed by atoms with van der Waals surface area (Å²) in [4.78, 5) is 12.3. The van der Waals surface area contributed by atoms with Gasteiger partial charge in [-0.05, 0) is 43.3 Å². The highest BCUT2D eigenvalue weighted by atomic mass is 35.5. The summed E-state index contributed by atoms with van der Waals surface area (Å²) in [5.41, 5.74) is 0.898. The third-order valence-corrected chi connectivity index (χ3v) is 3.62. The average molecular weight is 361 g/mol. The van der Waals surface area contributed by atoms with Crippen LogP contribution in [0.3, 0.4) is 0 Å². The van der Waals surface area contributed by atoms with E-state index in [1.165, 1.54) is 6.08 Å². The van der Waals surface area contributed by atoms with Crippen LogP contribution in [0.15, 0.2) is 48.0 Å². The van der Waals surface area contributed by atoms with Gasteiger partial charge in [0.25, 0.3) is 5.91 Å². The van der Waals surface area contributed by atoms with E-state index in [0.717, 1.165) is 0 Å². The van der Waals surface area contributed by atoms with E-state index in [1.807, 2.05) is 13.0 Å². The number of amides is 1. The van der Waals surface area contributed by atoms with Crippen molar-refractivity contribution in [3.63, 3.8) is 0 Å². The molecule has 24 heavy (non-hydrogen) atoms. The van der Waals surface area contributed by atoms with Gasteiger partial charge in [0.1, 0.15) is 17.4 Å². The molecular weight excluding hydrogens is 347 g/mol. The number of anilines is 1. The monoisotopic (exact) mass is 360 g/mol. The summed E-state index contributed by atoms with van der Waals surface area (Å²) < 4.78 is 5.49. The molecule has 0 radical (unpaired) electrons. The number of hydrogen-bond donors (Lipinski definition) is 1. The van der Waals surface area contributed by atoms with Crippen molar-refractivity contribution in [1.82, 2.24) is 0 Å². The van der Waals surface area contributed by atoms with E-state index in [1.54, 1.807) is 42.5 Å². The van der Waals surface area contributed by atoms with Gasteiger partial charge in [-0.1, -0.05) is 35.3 Å². The van der Waals surface area contributed by atoms with Gasteiger partial charge in [0.05, 0.1) is 17.3 Å². The van der Waals surface area contributed by atoms with Crippen LogP contribution < -0.4 is 10.1 Å². The maximum Gasteiger partial charge on any atom is 0.266 e. The first-order chi connectivity index (χ1) is 11.5. The first-order valence-corrected chi connectivity index (χ1v) is 7.90. The zero-order valence-corrected chi connectivity index (χ0v) is 14.4. The van der Waals surface area contributed by atoms with E-state index >= 15 is 0 Å². The smallest absolute Gasteiger partial charge is 0.266 e. The molecule has 0 saturated carbocycles. The summed E-state index contributed by atoms with van der Waals surface area (Å²) in [5, 5.41) is 12.8. The van der Waals surface area contributed by atoms with Crippen molar-refractivity contribution in [3.05, 3.63) is 63.6 Å². The van der Waals surface area contributed by atoms with E-state index in [-0.39, 0.29) is 5.57 Å². The SMILES string of the molecule is CCOc1ccc(Cl)cc1/C=C(\C#N)C(=O)Nc1ccccc1Cl. The average Bonchev–Trinajstić information content (AvgIpc) is 2.57. The van der Waals surface area contributed by atoms with E-state index in [2.05, 4.69) is 5.32 Å². The van der Waals surface area contributed by atoms with Crippen LogP contribution in [0.1, 0.15) is 12.5 Å². The molecule has 0 unspecified atom stereocenters. The molecular formula is C18H14Cl2N2O2. The zero-order valence-electron chi connectivity index (χ0n) is 12.8. The first-order valence-electron chi connectivity index (χ1n) is 7.15. The van der Waals surface area contributed by atoms with Crippen molar-refractivity contribution in [3.8, 4) is 11.8 Å². The molecule has 1 amide bonds. The fraction of sp³-hybridized carbons (Fsp3) is 0.111. The van der Waals surface area contributed by atoms with Crippen LogP contribution in [0.25, 0.3) is 6.08 Å². The standard InChI is InChI=1S/C18H14Cl2N2O2/c1-2-24-17-8-7-14(19)10-12(17)9-13(11-21)18(23)22-16-6-4-3-5-15(16)20/h3-10H,2H2,1H3,(H,22,23)/b13-9+. The lowest BCUT2D eigenvalue weighted by molar-refractivity contribution is -0.112. The lowest BCUT2D eigenvalue weighted by atomic mass is 10.1. The highest BCUT2D eigenvalue weighted by molar-refractivity contribution is 6.34. The Bertz CT molecular complexity index is 826. The molecule has 122 valence electrons. The third-order valence-electron chi connectivity index (χ3n) is 3.06. The predicted octanol–water partition coefficient (Wildman–Crippen LogP) is 4.94. The topological polar surface area (TPSA) is 62.1 Å². The summed E-state index contributed by atoms with van der Waals surface area (Å²) in [6.45, 7) is 2.30. The normalized spacial score (nSPS) is 10.8. The Morgan fingerprint density at radius 1 is 1.29 bits per heavy atom. The van der Waals surface area contributed by atoms with Gasteiger partial charge in [0, 0.05) is 10.6 Å². The fourth-order valence-corrected chi connectivity index (χ4v) is 2.34. The van der Waals surface area contributed by atoms with Gasteiger partial charge in [-0.25, -0.2) is 0 Å². The Morgan fingerprint density at radius 3 is 2.71 bits per heavy atom. The molecule has 0 aliphatic rings. The number of nitrogens with zero attached hydrogens (tertiary/aromatic N) is 1. The minimum Gasteiger partial charge on any atom is -0.493 e. The Labute approximate surface area is 150 Å². The van der Waals surface area contributed by atoms with Crippen molar-refractivity contribution in [1.29, 1.82) is 5.26 Å². The molecule has 0 aliphatic heterocycles. The summed E-state index contributed by atoms with van der Waals surface area (Å²) in [6, 6.07) is 13.7. The molecule has 0 fully saturated rings. The molecule has 2 aromatic rings. The van der Waals surface area contributed by atoms with Crippen LogP contribution in [0, 0.1) is 11.3 Å². The second-order valence-electron chi connectivity index (χ2n) is 4.72. The van der Waals surface area contributed by atoms with E-state index in [4.69, 9.17) is 27.9 Å². The van der Waals surface area contributed by atoms with Crippen molar-refractivity contribution in [2.75, 3.05) is 11.9 Å². The highest BCUT2D eigenvalue weighted by Gasteiger charge is 2.13. The number of hydrogen-bond acceptors (Lipinski definition) is 3. The predicted molar refractivity (Wildman–Crippen MR) is 96.3 cm³/mol. The van der Waals surface area contributed by atoms with Crippen LogP contribution in [0.2, 0.25) is 10.0 Å². The number of rotatable bonds is 5. The molecule has 4 nitrogen and oxygen atoms in total. The molecule has 2 aromatic carbocycles. The van der Waals surface area contributed by atoms with Gasteiger partial charge in [0.15, 0.2) is 0 Å². The largest absolute Gasteiger partial charge is 0.493 e. The molecule has 0 atom stereocenters. The molecule has 0 aliphatic carbocycles. The van der Waals surface area contributed by atoms with Gasteiger partial charge in [0.2, 0.25) is 0 Å². The number of carbonyl (C=O) groups excluding carboxylic acids is 1. The van der Waals surface area contributed by atoms with Gasteiger partial charge in [-0.15, -0.1) is 0 Å². The Kier molecular flexibility index (Phi) is 6.25. The van der Waals surface area contributed by atoms with E-state index in [0.29, 0.717) is 33.7 Å². The Hall–Kier alpha value is -2.48. The van der Waals surface area contributed by atoms with Gasteiger partial charge >= 0.3 is 0 Å². The molecule has 0 aromatic heterocycles. The number of nitrogens with one attached hydrogen (secondary N) is 1. The molecule has 0 bridgehead atoms. The summed E-state index contributed by atoms with van der Waals surface area (Å²) in [5.74, 6) is -0.0202. The van der Waals surface area contributed by atoms with Gasteiger partial charge in [-0.2, -0.15) is 5.26 Å². The minimum atomic E-state index is -0.562. The lowest BCUT2D eigenvalue weighted by Gasteiger charge is -2.09. The minimum absolute atomic E-state index is 0.0851. The highest BCUT2D eigenvalue weighted by Crippen LogP contribution is 2.26. The van der Waals surface area contributed by atoms with Crippen LogP contribution >= 0.6 is 23.2 Å². The van der Waals surface area contributed by atoms with Crippen LogP contribution in [0.5, 0.6) is 5.75 Å². The summed E-state index contributed by atoms with van der Waals surface area (Å²) >= 11 is 12.0. The maximum absolute atomic E-state index is 12.3. The van der Waals surface area contributed by atoms with E-state index in [9.17, 15) is 10.1 Å². The van der Waals surface area contributed by atoms with Crippen LogP contribution in [0.4, 0.5) is 5.69 Å². The number of halogens is 2. The molecule has 2 rings (SSSR count). The number of carbonyl (C=O) groups is 1. The van der Waals surface area contributed by atoms with Crippen LogP contribution in [-0.4, -0.2) is 12.5 Å². The van der Waals surface area contributed by atoms with Crippen molar-refractivity contribution >= 4 is 40.9 Å². The van der Waals surface area contributed by atoms with Crippen molar-refractivity contribution in [2.24, 2.45) is 0 Å². The Balaban J connectivity index is 2.33.